The van der Waals surface area contributed by atoms with Crippen molar-refractivity contribution in [2.24, 2.45) is 0 Å². The minimum Gasteiger partial charge on any atom is -0.679 e. The molecule has 0 aliphatic carbocycles. The molecule has 9 heavy (non-hydrogen) atoms. The molecule has 0 fully saturated rings. The van der Waals surface area contributed by atoms with Crippen molar-refractivity contribution in [2.45, 2.75) is 38.9 Å². The van der Waals surface area contributed by atoms with Crippen LogP contribution in [-0.2, 0) is 0 Å². The first kappa shape index (κ1) is 12.8. The van der Waals surface area contributed by atoms with E-state index in [1.165, 1.54) is 0 Å². The summed E-state index contributed by atoms with van der Waals surface area (Å²) in [7, 11) is -1.42. The molecule has 50 valence electrons. The molecule has 0 spiro atoms. The van der Waals surface area contributed by atoms with Crippen molar-refractivity contribution in [1.82, 2.24) is 0 Å². The summed E-state index contributed by atoms with van der Waals surface area (Å²) in [6, 6.07) is 3.38. The topological polar surface area (TPSA) is 23.8 Å². The van der Waals surface area contributed by atoms with Crippen LogP contribution < -0.4 is 29.6 Å². The zero-order valence-corrected chi connectivity index (χ0v) is 10.1. The summed E-state index contributed by atoms with van der Waals surface area (Å²) >= 11 is 0. The molecule has 0 aromatic rings. The molecule has 0 unspecified atom stereocenters. The molecule has 0 heterocycles. The Bertz CT molecular complexity index is 55.8. The predicted molar refractivity (Wildman–Crippen MR) is 41.5 cm³/mol. The molecule has 0 amide bonds. The second-order valence-electron chi connectivity index (χ2n) is 2.34. The van der Waals surface area contributed by atoms with Gasteiger partial charge in [0.25, 0.3) is 0 Å². The van der Waals surface area contributed by atoms with Crippen molar-refractivity contribution in [3.05, 3.63) is 5.40 Å². The van der Waals surface area contributed by atoms with Gasteiger partial charge in [-0.25, -0.2) is 0 Å². The Kier molecular flexibility index (Phi) is 8.44. The monoisotopic (exact) mass is 153 g/mol. The van der Waals surface area contributed by atoms with Crippen LogP contribution in [-0.4, -0.2) is 8.24 Å². The molecule has 0 aromatic carbocycles. The molecule has 0 aliphatic rings. The molecule has 0 bridgehead atoms. The van der Waals surface area contributed by atoms with Crippen LogP contribution >= 0.6 is 0 Å². The van der Waals surface area contributed by atoms with E-state index in [0.29, 0.717) is 0 Å². The SMILES string of the molecule is CC[Si]([NH-])(CC)CC.[Na+]. The molecule has 0 atom stereocenters. The van der Waals surface area contributed by atoms with Gasteiger partial charge >= 0.3 is 29.6 Å². The van der Waals surface area contributed by atoms with Crippen molar-refractivity contribution < 1.29 is 29.6 Å². The smallest absolute Gasteiger partial charge is 0.679 e. The second kappa shape index (κ2) is 5.92. The van der Waals surface area contributed by atoms with Gasteiger partial charge in [0, 0.05) is 0 Å². The van der Waals surface area contributed by atoms with E-state index in [1.54, 1.807) is 0 Å². The van der Waals surface area contributed by atoms with Crippen LogP contribution in [0, 0.1) is 0 Å². The predicted octanol–water partition coefficient (Wildman–Crippen LogP) is 0.0478. The standard InChI is InChI=1S/C6H16NSi.Na/c1-4-8(7,5-2)6-3;/h7H,4-6H2,1-3H3;/q-1;+1. The van der Waals surface area contributed by atoms with E-state index in [-0.39, 0.29) is 29.6 Å². The van der Waals surface area contributed by atoms with Crippen LogP contribution in [0.3, 0.4) is 0 Å². The fourth-order valence-corrected chi connectivity index (χ4v) is 2.25. The van der Waals surface area contributed by atoms with E-state index in [4.69, 9.17) is 5.40 Å². The molecule has 0 aromatic heterocycles. The average molecular weight is 153 g/mol. The van der Waals surface area contributed by atoms with Crippen molar-refractivity contribution in [2.75, 3.05) is 0 Å². The molecule has 0 aliphatic heterocycles. The van der Waals surface area contributed by atoms with E-state index >= 15 is 0 Å². The molecule has 1 N–H and O–H groups in total. The van der Waals surface area contributed by atoms with Gasteiger partial charge in [0.1, 0.15) is 0 Å². The minimum absolute atomic E-state index is 0. The Balaban J connectivity index is 0. The maximum Gasteiger partial charge on any atom is 1.00 e. The van der Waals surface area contributed by atoms with Gasteiger partial charge in [0.05, 0.1) is 0 Å². The number of rotatable bonds is 3. The fourth-order valence-electron chi connectivity index (χ4n) is 0.750. The van der Waals surface area contributed by atoms with Gasteiger partial charge in [0.15, 0.2) is 0 Å². The normalized spacial score (nSPS) is 10.7. The third-order valence-electron chi connectivity index (χ3n) is 2.03. The van der Waals surface area contributed by atoms with Gasteiger partial charge in [0.2, 0.25) is 0 Å². The summed E-state index contributed by atoms with van der Waals surface area (Å²) in [5, 5.41) is 7.81. The van der Waals surface area contributed by atoms with Gasteiger partial charge in [-0.05, 0) is 0 Å². The van der Waals surface area contributed by atoms with Crippen LogP contribution in [0.1, 0.15) is 20.8 Å². The number of hydrogen-bond acceptors (Lipinski definition) is 0. The first-order valence-electron chi connectivity index (χ1n) is 3.43. The van der Waals surface area contributed by atoms with Gasteiger partial charge in [-0.15, -0.1) is 0 Å². The second-order valence-corrected chi connectivity index (χ2v) is 7.02. The molecular weight excluding hydrogens is 137 g/mol. The Morgan fingerprint density at radius 1 is 1.00 bits per heavy atom. The molecule has 0 rings (SSSR count). The summed E-state index contributed by atoms with van der Waals surface area (Å²) in [4.78, 5) is 0. The Hall–Kier alpha value is 1.18. The third-order valence-corrected chi connectivity index (χ3v) is 6.09. The third kappa shape index (κ3) is 4.56. The number of nitrogens with one attached hydrogen (secondary N) is 1. The van der Waals surface area contributed by atoms with E-state index in [2.05, 4.69) is 20.8 Å². The maximum absolute atomic E-state index is 7.81. The van der Waals surface area contributed by atoms with Crippen molar-refractivity contribution in [1.29, 1.82) is 0 Å². The maximum atomic E-state index is 7.81. The summed E-state index contributed by atoms with van der Waals surface area (Å²) in [6.45, 7) is 6.44. The molecule has 0 radical (unpaired) electrons. The Morgan fingerprint density at radius 2 is 1.22 bits per heavy atom. The first-order valence-corrected chi connectivity index (χ1v) is 6.05. The van der Waals surface area contributed by atoms with Crippen molar-refractivity contribution in [3.8, 4) is 0 Å². The number of hydrogen-bond donors (Lipinski definition) is 0. The zero-order chi connectivity index (χ0) is 6.62. The summed E-state index contributed by atoms with van der Waals surface area (Å²) in [5.41, 5.74) is 0. The quantitative estimate of drug-likeness (QED) is 0.512. The van der Waals surface area contributed by atoms with Crippen LogP contribution in [0.2, 0.25) is 18.1 Å². The van der Waals surface area contributed by atoms with Gasteiger partial charge in [-0.2, -0.15) is 0 Å². The molecule has 0 saturated heterocycles. The molecule has 1 nitrogen and oxygen atoms in total. The average Bonchev–Trinajstić information content (AvgIpc) is 1.87. The molecule has 0 saturated carbocycles. The summed E-state index contributed by atoms with van der Waals surface area (Å²) < 4.78 is 0. The van der Waals surface area contributed by atoms with Crippen LogP contribution in [0.5, 0.6) is 0 Å². The van der Waals surface area contributed by atoms with Gasteiger partial charge in [-0.3, -0.25) is 0 Å². The molecule has 3 heteroatoms. The Morgan fingerprint density at radius 3 is 1.22 bits per heavy atom. The molecular formula is C6H16NNaSi. The van der Waals surface area contributed by atoms with Gasteiger partial charge in [-0.1, -0.05) is 47.1 Å². The van der Waals surface area contributed by atoms with E-state index < -0.39 is 8.24 Å². The minimum atomic E-state index is -1.42. The van der Waals surface area contributed by atoms with E-state index in [0.717, 1.165) is 18.1 Å². The van der Waals surface area contributed by atoms with Crippen LogP contribution in [0.4, 0.5) is 0 Å². The summed E-state index contributed by atoms with van der Waals surface area (Å²) in [6.07, 6.45) is 0. The van der Waals surface area contributed by atoms with Crippen LogP contribution in [0.25, 0.3) is 5.40 Å². The van der Waals surface area contributed by atoms with Crippen molar-refractivity contribution in [3.63, 3.8) is 0 Å². The fraction of sp³-hybridized carbons (Fsp3) is 1.00. The largest absolute Gasteiger partial charge is 1.00 e. The van der Waals surface area contributed by atoms with Gasteiger partial charge < -0.3 is 5.40 Å². The first-order chi connectivity index (χ1) is 3.68. The zero-order valence-electron chi connectivity index (χ0n) is 7.12. The Labute approximate surface area is 81.8 Å². The van der Waals surface area contributed by atoms with E-state index in [1.807, 2.05) is 0 Å². The van der Waals surface area contributed by atoms with Crippen LogP contribution in [0.15, 0.2) is 0 Å². The van der Waals surface area contributed by atoms with Crippen molar-refractivity contribution >= 4 is 8.24 Å². The summed E-state index contributed by atoms with van der Waals surface area (Å²) in [5.74, 6) is 0. The van der Waals surface area contributed by atoms with E-state index in [9.17, 15) is 0 Å².